The zero-order chi connectivity index (χ0) is 15.4. The molecule has 0 radical (unpaired) electrons. The van der Waals surface area contributed by atoms with Gasteiger partial charge < -0.3 is 20.1 Å². The van der Waals surface area contributed by atoms with Crippen LogP contribution in [-0.2, 0) is 4.79 Å². The van der Waals surface area contributed by atoms with Crippen molar-refractivity contribution in [1.82, 2.24) is 10.2 Å². The van der Waals surface area contributed by atoms with Crippen molar-refractivity contribution in [2.24, 2.45) is 0 Å². The highest BCUT2D eigenvalue weighted by Crippen LogP contribution is 2.20. The number of nitrogens with zero attached hydrogens (tertiary/aromatic N) is 1. The molecule has 2 atom stereocenters. The van der Waals surface area contributed by atoms with E-state index >= 15 is 0 Å². The van der Waals surface area contributed by atoms with Crippen molar-refractivity contribution in [2.45, 2.75) is 25.4 Å². The summed E-state index contributed by atoms with van der Waals surface area (Å²) in [5, 5.41) is 12.2. The Kier molecular flexibility index (Phi) is 4.80. The smallest absolute Gasteiger partial charge is 0.255 e. The lowest BCUT2D eigenvalue weighted by Crippen LogP contribution is -2.39. The highest BCUT2D eigenvalue weighted by molar-refractivity contribution is 5.97. The van der Waals surface area contributed by atoms with E-state index in [0.717, 1.165) is 0 Å². The predicted molar refractivity (Wildman–Crippen MR) is 77.1 cm³/mol. The molecule has 1 heterocycles. The van der Waals surface area contributed by atoms with E-state index in [1.807, 2.05) is 0 Å². The van der Waals surface area contributed by atoms with Crippen LogP contribution in [0.4, 0.5) is 0 Å². The molecule has 6 heteroatoms. The van der Waals surface area contributed by atoms with E-state index in [2.05, 4.69) is 5.32 Å². The fourth-order valence-electron chi connectivity index (χ4n) is 2.68. The summed E-state index contributed by atoms with van der Waals surface area (Å²) in [5.74, 6) is 0.178. The number of aliphatic hydroxyl groups is 1. The molecule has 1 aliphatic heterocycles. The van der Waals surface area contributed by atoms with Crippen LogP contribution in [0, 0.1) is 0 Å². The van der Waals surface area contributed by atoms with E-state index < -0.39 is 0 Å². The van der Waals surface area contributed by atoms with E-state index in [1.54, 1.807) is 29.2 Å². The van der Waals surface area contributed by atoms with Gasteiger partial charge in [-0.2, -0.15) is 0 Å². The Morgan fingerprint density at radius 1 is 1.43 bits per heavy atom. The average molecular weight is 292 g/mol. The minimum absolute atomic E-state index is 0.0944. The van der Waals surface area contributed by atoms with Crippen LogP contribution in [0.5, 0.6) is 5.75 Å². The van der Waals surface area contributed by atoms with Gasteiger partial charge >= 0.3 is 0 Å². The number of nitrogens with one attached hydrogen (secondary N) is 1. The van der Waals surface area contributed by atoms with Crippen LogP contribution in [0.25, 0.3) is 0 Å². The normalized spacial score (nSPS) is 21.2. The lowest BCUT2D eigenvalue weighted by atomic mass is 10.1. The van der Waals surface area contributed by atoms with Crippen molar-refractivity contribution in [3.05, 3.63) is 29.8 Å². The topological polar surface area (TPSA) is 78.9 Å². The van der Waals surface area contributed by atoms with Crippen LogP contribution in [0.15, 0.2) is 24.3 Å². The maximum absolute atomic E-state index is 12.3. The molecular weight excluding hydrogens is 272 g/mol. The molecule has 2 amide bonds. The number of ether oxygens (including phenoxy) is 1. The molecule has 21 heavy (non-hydrogen) atoms. The zero-order valence-corrected chi connectivity index (χ0v) is 12.2. The van der Waals surface area contributed by atoms with Gasteiger partial charge in [0.2, 0.25) is 5.91 Å². The molecule has 2 N–H and O–H groups in total. The molecule has 1 saturated heterocycles. The molecule has 1 aliphatic rings. The van der Waals surface area contributed by atoms with Crippen molar-refractivity contribution in [3.8, 4) is 5.75 Å². The first-order valence-corrected chi connectivity index (χ1v) is 6.88. The summed E-state index contributed by atoms with van der Waals surface area (Å²) in [6.45, 7) is 1.79. The summed E-state index contributed by atoms with van der Waals surface area (Å²) < 4.78 is 5.17. The fraction of sp³-hybridized carbons (Fsp3) is 0.467. The summed E-state index contributed by atoms with van der Waals surface area (Å²) in [6.07, 6.45) is 0.553. The van der Waals surface area contributed by atoms with Gasteiger partial charge in [-0.05, 0) is 18.6 Å². The molecular formula is C15H20N2O4. The molecule has 1 aromatic rings. The van der Waals surface area contributed by atoms with E-state index in [-0.39, 0.29) is 30.5 Å². The number of aliphatic hydroxyl groups excluding tert-OH is 1. The molecule has 0 bridgehead atoms. The molecule has 2 rings (SSSR count). The van der Waals surface area contributed by atoms with Gasteiger partial charge in [-0.25, -0.2) is 0 Å². The number of amides is 2. The molecule has 0 spiro atoms. The Morgan fingerprint density at radius 3 is 2.71 bits per heavy atom. The third kappa shape index (κ3) is 3.33. The second-order valence-electron chi connectivity index (χ2n) is 5.11. The summed E-state index contributed by atoms with van der Waals surface area (Å²) in [4.78, 5) is 25.4. The first-order chi connectivity index (χ1) is 10.1. The predicted octanol–water partition coefficient (Wildman–Crippen LogP) is 0.407. The van der Waals surface area contributed by atoms with Crippen molar-refractivity contribution < 1.29 is 19.4 Å². The fourth-order valence-corrected chi connectivity index (χ4v) is 2.68. The van der Waals surface area contributed by atoms with Gasteiger partial charge in [0.05, 0.1) is 25.3 Å². The molecule has 1 fully saturated rings. The number of likely N-dealkylation sites (tertiary alicyclic amines) is 1. The summed E-state index contributed by atoms with van der Waals surface area (Å²) in [5.41, 5.74) is 0.460. The second kappa shape index (κ2) is 6.58. The quantitative estimate of drug-likeness (QED) is 0.842. The minimum Gasteiger partial charge on any atom is -0.496 e. The van der Waals surface area contributed by atoms with E-state index in [9.17, 15) is 14.7 Å². The molecule has 6 nitrogen and oxygen atoms in total. The number of rotatable bonds is 4. The maximum atomic E-state index is 12.3. The van der Waals surface area contributed by atoms with Crippen molar-refractivity contribution in [2.75, 3.05) is 20.3 Å². The van der Waals surface area contributed by atoms with Crippen molar-refractivity contribution >= 4 is 11.8 Å². The monoisotopic (exact) mass is 292 g/mol. The summed E-state index contributed by atoms with van der Waals surface area (Å²) in [7, 11) is 1.51. The van der Waals surface area contributed by atoms with Crippen molar-refractivity contribution in [1.29, 1.82) is 0 Å². The summed E-state index contributed by atoms with van der Waals surface area (Å²) in [6, 6.07) is 6.58. The molecule has 0 unspecified atom stereocenters. The van der Waals surface area contributed by atoms with E-state index in [0.29, 0.717) is 24.3 Å². The number of methoxy groups -OCH3 is 1. The standard InChI is InChI=1S/C15H20N2O4/c1-10(19)17-8-11(7-12(17)9-18)16-15(20)13-5-3-4-6-14(13)21-2/h3-6,11-12,18H,7-9H2,1-2H3,(H,16,20)/t11-,12-/m0/s1. The zero-order valence-electron chi connectivity index (χ0n) is 12.2. The van der Waals surface area contributed by atoms with Gasteiger partial charge in [0.15, 0.2) is 0 Å². The number of hydrogen-bond acceptors (Lipinski definition) is 4. The number of carbonyl (C=O) groups excluding carboxylic acids is 2. The van der Waals surface area contributed by atoms with Crippen LogP contribution in [0.2, 0.25) is 0 Å². The van der Waals surface area contributed by atoms with Crippen LogP contribution in [0.3, 0.4) is 0 Å². The summed E-state index contributed by atoms with van der Waals surface area (Å²) >= 11 is 0. The van der Waals surface area contributed by atoms with Gasteiger partial charge in [-0.1, -0.05) is 12.1 Å². The van der Waals surface area contributed by atoms with Gasteiger partial charge in [-0.15, -0.1) is 0 Å². The lowest BCUT2D eigenvalue weighted by Gasteiger charge is -2.20. The lowest BCUT2D eigenvalue weighted by molar-refractivity contribution is -0.130. The maximum Gasteiger partial charge on any atom is 0.255 e. The molecule has 0 aromatic heterocycles. The van der Waals surface area contributed by atoms with Crippen molar-refractivity contribution in [3.63, 3.8) is 0 Å². The van der Waals surface area contributed by atoms with Gasteiger partial charge in [0.25, 0.3) is 5.91 Å². The van der Waals surface area contributed by atoms with Crippen LogP contribution in [0.1, 0.15) is 23.7 Å². The molecule has 0 aliphatic carbocycles. The largest absolute Gasteiger partial charge is 0.496 e. The van der Waals surface area contributed by atoms with E-state index in [4.69, 9.17) is 4.74 Å². The Hall–Kier alpha value is -2.08. The Bertz CT molecular complexity index is 532. The Balaban J connectivity index is 2.05. The van der Waals surface area contributed by atoms with E-state index in [1.165, 1.54) is 14.0 Å². The van der Waals surface area contributed by atoms with Gasteiger partial charge in [0, 0.05) is 19.5 Å². The molecule has 0 saturated carbocycles. The van der Waals surface area contributed by atoms with Gasteiger partial charge in [0.1, 0.15) is 5.75 Å². The van der Waals surface area contributed by atoms with Crippen LogP contribution in [-0.4, -0.2) is 54.2 Å². The second-order valence-corrected chi connectivity index (χ2v) is 5.11. The average Bonchev–Trinajstić information content (AvgIpc) is 2.90. The Morgan fingerprint density at radius 2 is 2.14 bits per heavy atom. The van der Waals surface area contributed by atoms with Crippen LogP contribution < -0.4 is 10.1 Å². The number of para-hydroxylation sites is 1. The number of hydrogen-bond donors (Lipinski definition) is 2. The Labute approximate surface area is 123 Å². The van der Waals surface area contributed by atoms with Gasteiger partial charge in [-0.3, -0.25) is 9.59 Å². The highest BCUT2D eigenvalue weighted by Gasteiger charge is 2.34. The third-order valence-electron chi connectivity index (χ3n) is 3.72. The number of benzene rings is 1. The first-order valence-electron chi connectivity index (χ1n) is 6.88. The first kappa shape index (κ1) is 15.3. The SMILES string of the molecule is COc1ccccc1C(=O)N[C@H]1C[C@@H](CO)N(C(C)=O)C1. The third-order valence-corrected chi connectivity index (χ3v) is 3.72. The minimum atomic E-state index is -0.237. The number of carbonyl (C=O) groups is 2. The highest BCUT2D eigenvalue weighted by atomic mass is 16.5. The molecule has 1 aromatic carbocycles. The van der Waals surface area contributed by atoms with Crippen LogP contribution >= 0.6 is 0 Å². The molecule has 114 valence electrons.